The van der Waals surface area contributed by atoms with Gasteiger partial charge in [-0.3, -0.25) is 0 Å². The Kier molecular flexibility index (Phi) is 7.12. The molecular formula is C20H26ClNO3. The van der Waals surface area contributed by atoms with Crippen LogP contribution in [-0.4, -0.2) is 37.0 Å². The lowest BCUT2D eigenvalue weighted by Gasteiger charge is -2.28. The monoisotopic (exact) mass is 363 g/mol. The van der Waals surface area contributed by atoms with E-state index in [0.717, 1.165) is 12.2 Å². The minimum absolute atomic E-state index is 0.143. The summed E-state index contributed by atoms with van der Waals surface area (Å²) in [6.07, 6.45) is 0.257. The van der Waals surface area contributed by atoms with Crippen molar-refractivity contribution in [1.82, 2.24) is 5.32 Å². The fraction of sp³-hybridized carbons (Fsp3) is 0.400. The molecule has 0 radical (unpaired) electrons. The maximum absolute atomic E-state index is 10.1. The lowest BCUT2D eigenvalue weighted by Crippen LogP contribution is -2.46. The van der Waals surface area contributed by atoms with Gasteiger partial charge in [-0.1, -0.05) is 23.7 Å². The van der Waals surface area contributed by atoms with Gasteiger partial charge in [0.25, 0.3) is 0 Å². The van der Waals surface area contributed by atoms with Crippen LogP contribution >= 0.6 is 11.6 Å². The molecule has 0 aliphatic heterocycles. The molecule has 2 aromatic carbocycles. The Labute approximate surface area is 154 Å². The number of nitrogens with one attached hydrogen (secondary N) is 1. The van der Waals surface area contributed by atoms with Gasteiger partial charge in [0.1, 0.15) is 24.2 Å². The Balaban J connectivity index is 1.76. The number of hydrogen-bond donors (Lipinski definition) is 2. The van der Waals surface area contributed by atoms with Crippen molar-refractivity contribution in [2.45, 2.75) is 31.9 Å². The van der Waals surface area contributed by atoms with Gasteiger partial charge in [-0.05, 0) is 62.2 Å². The average Bonchev–Trinajstić information content (AvgIpc) is 2.60. The summed E-state index contributed by atoms with van der Waals surface area (Å²) in [5.74, 6) is 1.55. The van der Waals surface area contributed by atoms with E-state index in [0.29, 0.717) is 17.3 Å². The van der Waals surface area contributed by atoms with E-state index >= 15 is 0 Å². The molecule has 1 unspecified atom stereocenters. The molecule has 0 bridgehead atoms. The zero-order valence-electron chi connectivity index (χ0n) is 15.0. The average molecular weight is 364 g/mol. The highest BCUT2D eigenvalue weighted by atomic mass is 35.5. The molecule has 0 saturated heterocycles. The van der Waals surface area contributed by atoms with Crippen LogP contribution in [0.2, 0.25) is 5.02 Å². The molecule has 4 nitrogen and oxygen atoms in total. The summed E-state index contributed by atoms with van der Waals surface area (Å²) in [5, 5.41) is 14.2. The largest absolute Gasteiger partial charge is 0.497 e. The molecule has 0 aliphatic rings. The summed E-state index contributed by atoms with van der Waals surface area (Å²) in [7, 11) is 1.66. The van der Waals surface area contributed by atoms with Gasteiger partial charge < -0.3 is 19.9 Å². The highest BCUT2D eigenvalue weighted by Gasteiger charge is 2.19. The molecule has 0 saturated carbocycles. The number of halogens is 1. The lowest BCUT2D eigenvalue weighted by molar-refractivity contribution is 0.0988. The Hall–Kier alpha value is -1.75. The van der Waals surface area contributed by atoms with E-state index in [1.807, 2.05) is 12.1 Å². The van der Waals surface area contributed by atoms with Gasteiger partial charge in [0, 0.05) is 17.1 Å². The van der Waals surface area contributed by atoms with Crippen LogP contribution in [0.5, 0.6) is 11.5 Å². The Morgan fingerprint density at radius 1 is 1.04 bits per heavy atom. The first-order valence-electron chi connectivity index (χ1n) is 8.32. The van der Waals surface area contributed by atoms with Crippen molar-refractivity contribution < 1.29 is 14.6 Å². The van der Waals surface area contributed by atoms with Crippen molar-refractivity contribution in [3.05, 3.63) is 59.1 Å². The van der Waals surface area contributed by atoms with Gasteiger partial charge in [0.15, 0.2) is 0 Å². The van der Waals surface area contributed by atoms with Crippen molar-refractivity contribution in [2.24, 2.45) is 0 Å². The number of benzene rings is 2. The van der Waals surface area contributed by atoms with Crippen LogP contribution in [0.1, 0.15) is 19.4 Å². The summed E-state index contributed by atoms with van der Waals surface area (Å²) < 4.78 is 10.7. The van der Waals surface area contributed by atoms with Crippen LogP contribution in [0.15, 0.2) is 48.5 Å². The molecule has 2 rings (SSSR count). The van der Waals surface area contributed by atoms with E-state index in [4.69, 9.17) is 21.1 Å². The summed E-state index contributed by atoms with van der Waals surface area (Å²) in [6.45, 7) is 4.91. The van der Waals surface area contributed by atoms with Gasteiger partial charge >= 0.3 is 0 Å². The van der Waals surface area contributed by atoms with Gasteiger partial charge in [-0.15, -0.1) is 0 Å². The molecular weight excluding hydrogens is 338 g/mol. The number of hydrogen-bond acceptors (Lipinski definition) is 4. The Bertz CT molecular complexity index is 641. The lowest BCUT2D eigenvalue weighted by atomic mass is 9.94. The van der Waals surface area contributed by atoms with E-state index in [1.54, 1.807) is 31.4 Å². The molecule has 2 aromatic rings. The molecule has 0 heterocycles. The number of aliphatic hydroxyl groups excluding tert-OH is 1. The number of ether oxygens (including phenoxy) is 2. The molecule has 25 heavy (non-hydrogen) atoms. The molecule has 0 fully saturated rings. The molecule has 0 amide bonds. The van der Waals surface area contributed by atoms with Crippen LogP contribution in [0, 0.1) is 0 Å². The van der Waals surface area contributed by atoms with Gasteiger partial charge in [-0.25, -0.2) is 0 Å². The molecule has 0 aliphatic carbocycles. The SMILES string of the molecule is COc1ccc(CC(C)(C)NCC(O)COc2ccc(Cl)cc2)cc1. The molecule has 0 aromatic heterocycles. The molecule has 0 spiro atoms. The molecule has 136 valence electrons. The maximum atomic E-state index is 10.1. The molecule has 2 N–H and O–H groups in total. The summed E-state index contributed by atoms with van der Waals surface area (Å²) in [5.41, 5.74) is 1.07. The summed E-state index contributed by atoms with van der Waals surface area (Å²) in [4.78, 5) is 0. The van der Waals surface area contributed by atoms with Crippen molar-refractivity contribution in [3.8, 4) is 11.5 Å². The minimum atomic E-state index is -0.592. The standard InChI is InChI=1S/C20H26ClNO3/c1-20(2,12-15-4-8-18(24-3)9-5-15)22-13-17(23)14-25-19-10-6-16(21)7-11-19/h4-11,17,22-23H,12-14H2,1-3H3. The highest BCUT2D eigenvalue weighted by molar-refractivity contribution is 6.30. The fourth-order valence-corrected chi connectivity index (χ4v) is 2.62. The van der Waals surface area contributed by atoms with E-state index in [-0.39, 0.29) is 12.1 Å². The topological polar surface area (TPSA) is 50.7 Å². The second-order valence-corrected chi connectivity index (χ2v) is 7.14. The zero-order valence-corrected chi connectivity index (χ0v) is 15.7. The zero-order chi connectivity index (χ0) is 18.3. The van der Waals surface area contributed by atoms with Crippen LogP contribution < -0.4 is 14.8 Å². The third kappa shape index (κ3) is 6.94. The van der Waals surface area contributed by atoms with Crippen molar-refractivity contribution in [1.29, 1.82) is 0 Å². The Morgan fingerprint density at radius 2 is 1.64 bits per heavy atom. The van der Waals surface area contributed by atoms with Gasteiger partial charge in [-0.2, -0.15) is 0 Å². The van der Waals surface area contributed by atoms with E-state index in [1.165, 1.54) is 5.56 Å². The van der Waals surface area contributed by atoms with Crippen LogP contribution in [0.25, 0.3) is 0 Å². The fourth-order valence-electron chi connectivity index (χ4n) is 2.49. The first kappa shape index (κ1) is 19.6. The highest BCUT2D eigenvalue weighted by Crippen LogP contribution is 2.17. The third-order valence-corrected chi connectivity index (χ3v) is 4.13. The molecule has 5 heteroatoms. The number of aliphatic hydroxyl groups is 1. The van der Waals surface area contributed by atoms with Gasteiger partial charge in [0.2, 0.25) is 0 Å². The summed E-state index contributed by atoms with van der Waals surface area (Å²) >= 11 is 5.84. The van der Waals surface area contributed by atoms with E-state index < -0.39 is 6.10 Å². The predicted octanol–water partition coefficient (Wildman–Crippen LogP) is 3.70. The quantitative estimate of drug-likeness (QED) is 0.713. The number of methoxy groups -OCH3 is 1. The normalized spacial score (nSPS) is 12.7. The van der Waals surface area contributed by atoms with Crippen LogP contribution in [-0.2, 0) is 6.42 Å². The van der Waals surface area contributed by atoms with Crippen LogP contribution in [0.3, 0.4) is 0 Å². The second-order valence-electron chi connectivity index (χ2n) is 6.71. The first-order chi connectivity index (χ1) is 11.9. The summed E-state index contributed by atoms with van der Waals surface area (Å²) in [6, 6.07) is 15.1. The van der Waals surface area contributed by atoms with Crippen LogP contribution in [0.4, 0.5) is 0 Å². The second kappa shape index (κ2) is 9.09. The van der Waals surface area contributed by atoms with E-state index in [2.05, 4.69) is 31.3 Å². The van der Waals surface area contributed by atoms with Crippen molar-refractivity contribution in [2.75, 3.05) is 20.3 Å². The smallest absolute Gasteiger partial charge is 0.119 e. The number of β-amino-alcohol motifs (C(OH)–C–C–N with tert-alkyl or cyclic N) is 1. The van der Waals surface area contributed by atoms with Crippen molar-refractivity contribution >= 4 is 11.6 Å². The number of rotatable bonds is 9. The Morgan fingerprint density at radius 3 is 2.24 bits per heavy atom. The first-order valence-corrected chi connectivity index (χ1v) is 8.70. The van der Waals surface area contributed by atoms with Crippen molar-refractivity contribution in [3.63, 3.8) is 0 Å². The maximum Gasteiger partial charge on any atom is 0.119 e. The minimum Gasteiger partial charge on any atom is -0.497 e. The predicted molar refractivity (Wildman–Crippen MR) is 102 cm³/mol. The van der Waals surface area contributed by atoms with Gasteiger partial charge in [0.05, 0.1) is 7.11 Å². The molecule has 1 atom stereocenters. The third-order valence-electron chi connectivity index (χ3n) is 3.88. The van der Waals surface area contributed by atoms with E-state index in [9.17, 15) is 5.11 Å².